The number of hydrogen-bond donors (Lipinski definition) is 2. The van der Waals surface area contributed by atoms with Crippen molar-refractivity contribution in [2.75, 3.05) is 60.1 Å². The zero-order chi connectivity index (χ0) is 20.2. The highest BCUT2D eigenvalue weighted by molar-refractivity contribution is 14.0. The van der Waals surface area contributed by atoms with Gasteiger partial charge in [0.15, 0.2) is 5.96 Å². The van der Waals surface area contributed by atoms with Crippen LogP contribution in [0.5, 0.6) is 5.75 Å². The molecule has 0 aliphatic carbocycles. The summed E-state index contributed by atoms with van der Waals surface area (Å²) in [7, 11) is 3.50. The molecule has 0 saturated carbocycles. The Morgan fingerprint density at radius 3 is 2.62 bits per heavy atom. The normalized spacial score (nSPS) is 15.7. The van der Waals surface area contributed by atoms with Gasteiger partial charge in [-0.15, -0.1) is 24.0 Å². The second kappa shape index (κ2) is 14.8. The number of nitrogens with zero attached hydrogens (tertiary/aromatic N) is 2. The van der Waals surface area contributed by atoms with E-state index in [1.165, 1.54) is 24.0 Å². The predicted molar refractivity (Wildman–Crippen MR) is 132 cm³/mol. The van der Waals surface area contributed by atoms with Crippen molar-refractivity contribution in [1.29, 1.82) is 0 Å². The average Bonchev–Trinajstić information content (AvgIpc) is 2.71. The van der Waals surface area contributed by atoms with Gasteiger partial charge in [0.1, 0.15) is 5.75 Å². The van der Waals surface area contributed by atoms with Crippen LogP contribution in [0.1, 0.15) is 30.9 Å². The Balaban J connectivity index is 0.00000420. The maximum absolute atomic E-state index is 5.48. The number of likely N-dealkylation sites (tertiary alicyclic amines) is 1. The summed E-state index contributed by atoms with van der Waals surface area (Å²) in [6, 6.07) is 6.33. The van der Waals surface area contributed by atoms with E-state index >= 15 is 0 Å². The first-order valence-electron chi connectivity index (χ1n) is 10.5. The van der Waals surface area contributed by atoms with Crippen molar-refractivity contribution >= 4 is 29.9 Å². The van der Waals surface area contributed by atoms with Gasteiger partial charge >= 0.3 is 0 Å². The van der Waals surface area contributed by atoms with Gasteiger partial charge in [-0.1, -0.05) is 17.7 Å². The SMILES string of the molecule is CCNC(=NCC1CCN(CCOC)CC1)NCCc1cc(C)ccc1OC.I. The second-order valence-electron chi connectivity index (χ2n) is 7.49. The van der Waals surface area contributed by atoms with Crippen molar-refractivity contribution in [3.63, 3.8) is 0 Å². The number of benzene rings is 1. The molecule has 7 heteroatoms. The molecule has 1 aromatic rings. The van der Waals surface area contributed by atoms with Crippen LogP contribution in [0, 0.1) is 12.8 Å². The summed E-state index contributed by atoms with van der Waals surface area (Å²) in [5.74, 6) is 2.54. The standard InChI is InChI=1S/C22H38N4O2.HI/c1-5-23-22(24-11-8-20-16-18(2)6-7-21(20)28-4)25-17-19-9-12-26(13-10-19)14-15-27-3;/h6-7,16,19H,5,8-15,17H2,1-4H3,(H2,23,24,25);1H. The van der Waals surface area contributed by atoms with Crippen LogP contribution >= 0.6 is 24.0 Å². The van der Waals surface area contributed by atoms with Crippen LogP contribution in [0.4, 0.5) is 0 Å². The van der Waals surface area contributed by atoms with Crippen molar-refractivity contribution in [3.05, 3.63) is 29.3 Å². The summed E-state index contributed by atoms with van der Waals surface area (Å²) in [5.41, 5.74) is 2.49. The lowest BCUT2D eigenvalue weighted by Crippen LogP contribution is -2.40. The summed E-state index contributed by atoms with van der Waals surface area (Å²) in [6.07, 6.45) is 3.34. The summed E-state index contributed by atoms with van der Waals surface area (Å²) in [5, 5.41) is 6.84. The van der Waals surface area contributed by atoms with E-state index in [0.717, 1.165) is 64.0 Å². The highest BCUT2D eigenvalue weighted by atomic mass is 127. The van der Waals surface area contributed by atoms with Crippen molar-refractivity contribution in [3.8, 4) is 5.75 Å². The Hall–Kier alpha value is -1.06. The monoisotopic (exact) mass is 518 g/mol. The van der Waals surface area contributed by atoms with E-state index in [4.69, 9.17) is 14.5 Å². The van der Waals surface area contributed by atoms with E-state index in [2.05, 4.69) is 41.5 Å². The molecule has 166 valence electrons. The van der Waals surface area contributed by atoms with E-state index in [-0.39, 0.29) is 24.0 Å². The number of nitrogens with one attached hydrogen (secondary N) is 2. The van der Waals surface area contributed by atoms with E-state index in [1.54, 1.807) is 14.2 Å². The minimum Gasteiger partial charge on any atom is -0.496 e. The van der Waals surface area contributed by atoms with Gasteiger partial charge in [-0.05, 0) is 63.7 Å². The number of ether oxygens (including phenoxy) is 2. The molecule has 0 amide bonds. The number of rotatable bonds is 10. The van der Waals surface area contributed by atoms with Crippen molar-refractivity contribution in [2.24, 2.45) is 10.9 Å². The van der Waals surface area contributed by atoms with Crippen LogP contribution in [-0.4, -0.2) is 71.0 Å². The first-order valence-corrected chi connectivity index (χ1v) is 10.5. The van der Waals surface area contributed by atoms with Gasteiger partial charge in [0.2, 0.25) is 0 Å². The molecule has 2 rings (SSSR count). The predicted octanol–water partition coefficient (Wildman–Crippen LogP) is 3.08. The van der Waals surface area contributed by atoms with Crippen LogP contribution in [0.3, 0.4) is 0 Å². The Bertz CT molecular complexity index is 604. The fourth-order valence-corrected chi connectivity index (χ4v) is 3.59. The van der Waals surface area contributed by atoms with Crippen LogP contribution in [0.15, 0.2) is 23.2 Å². The second-order valence-corrected chi connectivity index (χ2v) is 7.49. The molecule has 0 radical (unpaired) electrons. The Morgan fingerprint density at radius 2 is 1.97 bits per heavy atom. The highest BCUT2D eigenvalue weighted by Crippen LogP contribution is 2.20. The lowest BCUT2D eigenvalue weighted by Gasteiger charge is -2.31. The molecule has 6 nitrogen and oxygen atoms in total. The zero-order valence-corrected chi connectivity index (χ0v) is 20.8. The van der Waals surface area contributed by atoms with Crippen molar-refractivity contribution in [1.82, 2.24) is 15.5 Å². The fraction of sp³-hybridized carbons (Fsp3) is 0.682. The minimum atomic E-state index is 0. The van der Waals surface area contributed by atoms with Crippen LogP contribution in [0.2, 0.25) is 0 Å². The summed E-state index contributed by atoms with van der Waals surface area (Å²) in [4.78, 5) is 7.32. The van der Waals surface area contributed by atoms with Gasteiger partial charge in [0, 0.05) is 33.3 Å². The smallest absolute Gasteiger partial charge is 0.191 e. The molecule has 1 saturated heterocycles. The first kappa shape index (κ1) is 26.0. The molecule has 1 aliphatic rings. The quantitative estimate of drug-likeness (QED) is 0.283. The number of piperidine rings is 1. The minimum absolute atomic E-state index is 0. The van der Waals surface area contributed by atoms with Crippen molar-refractivity contribution in [2.45, 2.75) is 33.1 Å². The fourth-order valence-electron chi connectivity index (χ4n) is 3.59. The summed E-state index contributed by atoms with van der Waals surface area (Å²) in [6.45, 7) is 11.0. The number of aryl methyl sites for hydroxylation is 1. The third kappa shape index (κ3) is 9.53. The molecule has 0 unspecified atom stereocenters. The molecule has 2 N–H and O–H groups in total. The molecular weight excluding hydrogens is 479 g/mol. The van der Waals surface area contributed by atoms with E-state index in [1.807, 2.05) is 6.07 Å². The van der Waals surface area contributed by atoms with Gasteiger partial charge in [-0.2, -0.15) is 0 Å². The Kier molecular flexibility index (Phi) is 13.3. The summed E-state index contributed by atoms with van der Waals surface area (Å²) >= 11 is 0. The molecule has 29 heavy (non-hydrogen) atoms. The first-order chi connectivity index (χ1) is 13.7. The molecule has 1 heterocycles. The Morgan fingerprint density at radius 1 is 1.21 bits per heavy atom. The molecule has 1 fully saturated rings. The number of hydrogen-bond acceptors (Lipinski definition) is 4. The largest absolute Gasteiger partial charge is 0.496 e. The maximum atomic E-state index is 5.48. The third-order valence-corrected chi connectivity index (χ3v) is 5.29. The van der Waals surface area contributed by atoms with Crippen LogP contribution in [-0.2, 0) is 11.2 Å². The molecule has 0 spiro atoms. The molecule has 0 bridgehead atoms. The zero-order valence-electron chi connectivity index (χ0n) is 18.5. The molecule has 0 atom stereocenters. The topological polar surface area (TPSA) is 58.1 Å². The lowest BCUT2D eigenvalue weighted by atomic mass is 9.97. The van der Waals surface area contributed by atoms with E-state index in [0.29, 0.717) is 5.92 Å². The van der Waals surface area contributed by atoms with E-state index < -0.39 is 0 Å². The maximum Gasteiger partial charge on any atom is 0.191 e. The van der Waals surface area contributed by atoms with Gasteiger partial charge < -0.3 is 25.0 Å². The summed E-state index contributed by atoms with van der Waals surface area (Å²) < 4.78 is 10.7. The van der Waals surface area contributed by atoms with Gasteiger partial charge in [0.05, 0.1) is 13.7 Å². The Labute approximate surface area is 193 Å². The van der Waals surface area contributed by atoms with Gasteiger partial charge in [0.25, 0.3) is 0 Å². The highest BCUT2D eigenvalue weighted by Gasteiger charge is 2.18. The number of halogens is 1. The number of guanidine groups is 1. The molecular formula is C22H39IN4O2. The number of methoxy groups -OCH3 is 2. The van der Waals surface area contributed by atoms with Gasteiger partial charge in [-0.25, -0.2) is 0 Å². The van der Waals surface area contributed by atoms with Crippen LogP contribution in [0.25, 0.3) is 0 Å². The molecule has 1 aliphatic heterocycles. The third-order valence-electron chi connectivity index (χ3n) is 5.29. The lowest BCUT2D eigenvalue weighted by molar-refractivity contribution is 0.121. The van der Waals surface area contributed by atoms with E-state index in [9.17, 15) is 0 Å². The molecule has 1 aromatic carbocycles. The van der Waals surface area contributed by atoms with Crippen LogP contribution < -0.4 is 15.4 Å². The number of aliphatic imine (C=N–C) groups is 1. The van der Waals surface area contributed by atoms with Gasteiger partial charge in [-0.3, -0.25) is 4.99 Å². The molecule has 0 aromatic heterocycles. The van der Waals surface area contributed by atoms with Crippen molar-refractivity contribution < 1.29 is 9.47 Å². The average molecular weight is 518 g/mol.